The summed E-state index contributed by atoms with van der Waals surface area (Å²) in [5, 5.41) is 15.7. The predicted molar refractivity (Wildman–Crippen MR) is 78.1 cm³/mol. The molecule has 0 bridgehead atoms. The van der Waals surface area contributed by atoms with Crippen molar-refractivity contribution in [3.05, 3.63) is 29.8 Å². The predicted octanol–water partition coefficient (Wildman–Crippen LogP) is 2.46. The van der Waals surface area contributed by atoms with Crippen molar-refractivity contribution < 1.29 is 9.90 Å². The average Bonchev–Trinajstić information content (AvgIpc) is 2.27. The molecule has 0 aliphatic carbocycles. The van der Waals surface area contributed by atoms with Gasteiger partial charge in [0.15, 0.2) is 0 Å². The van der Waals surface area contributed by atoms with Gasteiger partial charge in [-0.3, -0.25) is 4.79 Å². The Kier molecular flexibility index (Phi) is 5.51. The molecule has 0 aliphatic rings. The van der Waals surface area contributed by atoms with E-state index in [-0.39, 0.29) is 11.4 Å². The van der Waals surface area contributed by atoms with Gasteiger partial charge >= 0.3 is 0 Å². The Balaban J connectivity index is 2.53. The number of aliphatic hydroxyl groups excluding tert-OH is 1. The molecule has 0 fully saturated rings. The molecule has 1 aromatic rings. The highest BCUT2D eigenvalue weighted by molar-refractivity contribution is 5.91. The number of amides is 1. The number of para-hydroxylation sites is 1. The van der Waals surface area contributed by atoms with Crippen molar-refractivity contribution in [1.82, 2.24) is 5.32 Å². The van der Waals surface area contributed by atoms with E-state index in [1.807, 2.05) is 18.2 Å². The summed E-state index contributed by atoms with van der Waals surface area (Å²) in [7, 11) is 0. The van der Waals surface area contributed by atoms with E-state index >= 15 is 0 Å². The fourth-order valence-corrected chi connectivity index (χ4v) is 1.74. The average molecular weight is 264 g/mol. The monoisotopic (exact) mass is 264 g/mol. The summed E-state index contributed by atoms with van der Waals surface area (Å²) in [5.41, 5.74) is 1.43. The van der Waals surface area contributed by atoms with Gasteiger partial charge in [0.25, 0.3) is 0 Å². The molecule has 19 heavy (non-hydrogen) atoms. The first-order valence-electron chi connectivity index (χ1n) is 6.61. The Bertz CT molecular complexity index is 422. The van der Waals surface area contributed by atoms with E-state index in [9.17, 15) is 9.90 Å². The van der Waals surface area contributed by atoms with Crippen LogP contribution < -0.4 is 10.6 Å². The van der Waals surface area contributed by atoms with Crippen LogP contribution in [-0.2, 0) is 4.79 Å². The molecule has 0 aromatic heterocycles. The van der Waals surface area contributed by atoms with Crippen molar-refractivity contribution in [3.63, 3.8) is 0 Å². The van der Waals surface area contributed by atoms with Crippen molar-refractivity contribution in [2.45, 2.75) is 45.8 Å². The SMILES string of the molecule is CC(O)c1ccccc1NC(=O)CCNC(C)(C)C. The highest BCUT2D eigenvalue weighted by Crippen LogP contribution is 2.22. The number of anilines is 1. The topological polar surface area (TPSA) is 61.4 Å². The zero-order valence-electron chi connectivity index (χ0n) is 12.2. The van der Waals surface area contributed by atoms with Crippen molar-refractivity contribution in [2.24, 2.45) is 0 Å². The second-order valence-electron chi connectivity index (χ2n) is 5.74. The van der Waals surface area contributed by atoms with Crippen molar-refractivity contribution in [2.75, 3.05) is 11.9 Å². The molecule has 3 N–H and O–H groups in total. The van der Waals surface area contributed by atoms with E-state index in [0.717, 1.165) is 5.56 Å². The van der Waals surface area contributed by atoms with Gasteiger partial charge in [-0.05, 0) is 33.8 Å². The number of rotatable bonds is 5. The van der Waals surface area contributed by atoms with Gasteiger partial charge in [0, 0.05) is 29.8 Å². The Morgan fingerprint density at radius 1 is 1.32 bits per heavy atom. The van der Waals surface area contributed by atoms with Crippen LogP contribution in [0.1, 0.15) is 45.8 Å². The third kappa shape index (κ3) is 5.85. The van der Waals surface area contributed by atoms with E-state index in [4.69, 9.17) is 0 Å². The van der Waals surface area contributed by atoms with E-state index in [1.54, 1.807) is 13.0 Å². The molecule has 0 saturated heterocycles. The molecule has 1 aromatic carbocycles. The number of hydrogen-bond acceptors (Lipinski definition) is 3. The second-order valence-corrected chi connectivity index (χ2v) is 5.74. The fraction of sp³-hybridized carbons (Fsp3) is 0.533. The molecule has 1 atom stereocenters. The fourth-order valence-electron chi connectivity index (χ4n) is 1.74. The van der Waals surface area contributed by atoms with Gasteiger partial charge in [0.2, 0.25) is 5.91 Å². The van der Waals surface area contributed by atoms with Crippen LogP contribution >= 0.6 is 0 Å². The molecule has 1 amide bonds. The Hall–Kier alpha value is -1.39. The molecular weight excluding hydrogens is 240 g/mol. The van der Waals surface area contributed by atoms with Crippen LogP contribution in [0.4, 0.5) is 5.69 Å². The lowest BCUT2D eigenvalue weighted by Crippen LogP contribution is -2.37. The first kappa shape index (κ1) is 15.7. The highest BCUT2D eigenvalue weighted by Gasteiger charge is 2.12. The Labute approximate surface area is 115 Å². The molecular formula is C15H24N2O2. The maximum Gasteiger partial charge on any atom is 0.225 e. The number of aliphatic hydroxyl groups is 1. The first-order chi connectivity index (χ1) is 8.79. The standard InChI is InChI=1S/C15H24N2O2/c1-11(18)12-7-5-6-8-13(12)17-14(19)9-10-16-15(2,3)4/h5-8,11,16,18H,9-10H2,1-4H3,(H,17,19). The van der Waals surface area contributed by atoms with E-state index in [1.165, 1.54) is 0 Å². The van der Waals surface area contributed by atoms with Crippen LogP contribution in [0, 0.1) is 0 Å². The molecule has 0 aliphatic heterocycles. The quantitative estimate of drug-likeness (QED) is 0.765. The summed E-state index contributed by atoms with van der Waals surface area (Å²) in [5.74, 6) is -0.0511. The molecule has 0 radical (unpaired) electrons. The summed E-state index contributed by atoms with van der Waals surface area (Å²) in [6, 6.07) is 7.30. The van der Waals surface area contributed by atoms with Gasteiger partial charge in [-0.2, -0.15) is 0 Å². The Morgan fingerprint density at radius 3 is 2.53 bits per heavy atom. The van der Waals surface area contributed by atoms with Crippen molar-refractivity contribution in [3.8, 4) is 0 Å². The summed E-state index contributed by atoms with van der Waals surface area (Å²) in [6.45, 7) is 8.51. The minimum atomic E-state index is -0.593. The zero-order chi connectivity index (χ0) is 14.5. The van der Waals surface area contributed by atoms with Gasteiger partial charge in [-0.15, -0.1) is 0 Å². The van der Waals surface area contributed by atoms with Gasteiger partial charge in [0.1, 0.15) is 0 Å². The van der Waals surface area contributed by atoms with Crippen LogP contribution in [0.25, 0.3) is 0 Å². The van der Waals surface area contributed by atoms with Crippen LogP contribution in [0.5, 0.6) is 0 Å². The first-order valence-corrected chi connectivity index (χ1v) is 6.61. The maximum atomic E-state index is 11.8. The lowest BCUT2D eigenvalue weighted by atomic mass is 10.1. The molecule has 0 heterocycles. The van der Waals surface area contributed by atoms with Gasteiger partial charge in [-0.1, -0.05) is 18.2 Å². The number of benzene rings is 1. The minimum Gasteiger partial charge on any atom is -0.389 e. The molecule has 1 unspecified atom stereocenters. The maximum absolute atomic E-state index is 11.8. The lowest BCUT2D eigenvalue weighted by Gasteiger charge is -2.20. The molecule has 4 nitrogen and oxygen atoms in total. The number of nitrogens with one attached hydrogen (secondary N) is 2. The molecule has 0 saturated carbocycles. The van der Waals surface area contributed by atoms with E-state index in [2.05, 4.69) is 31.4 Å². The number of carbonyl (C=O) groups is 1. The van der Waals surface area contributed by atoms with Gasteiger partial charge < -0.3 is 15.7 Å². The number of carbonyl (C=O) groups excluding carboxylic acids is 1. The Morgan fingerprint density at radius 2 is 1.95 bits per heavy atom. The normalized spacial score (nSPS) is 13.1. The largest absolute Gasteiger partial charge is 0.389 e. The van der Waals surface area contributed by atoms with Gasteiger partial charge in [0.05, 0.1) is 6.10 Å². The third-order valence-electron chi connectivity index (χ3n) is 2.69. The summed E-state index contributed by atoms with van der Waals surface area (Å²) in [4.78, 5) is 11.8. The molecule has 4 heteroatoms. The molecule has 106 valence electrons. The van der Waals surface area contributed by atoms with Crippen molar-refractivity contribution >= 4 is 11.6 Å². The lowest BCUT2D eigenvalue weighted by molar-refractivity contribution is -0.116. The highest BCUT2D eigenvalue weighted by atomic mass is 16.3. The zero-order valence-corrected chi connectivity index (χ0v) is 12.2. The van der Waals surface area contributed by atoms with Crippen LogP contribution in [-0.4, -0.2) is 23.1 Å². The summed E-state index contributed by atoms with van der Waals surface area (Å²) in [6.07, 6.45) is -0.185. The third-order valence-corrected chi connectivity index (χ3v) is 2.69. The van der Waals surface area contributed by atoms with Crippen LogP contribution in [0.3, 0.4) is 0 Å². The van der Waals surface area contributed by atoms with Crippen molar-refractivity contribution in [1.29, 1.82) is 0 Å². The van der Waals surface area contributed by atoms with Crippen LogP contribution in [0.2, 0.25) is 0 Å². The second kappa shape index (κ2) is 6.68. The van der Waals surface area contributed by atoms with Crippen LogP contribution in [0.15, 0.2) is 24.3 Å². The summed E-state index contributed by atoms with van der Waals surface area (Å²) < 4.78 is 0. The number of hydrogen-bond donors (Lipinski definition) is 3. The smallest absolute Gasteiger partial charge is 0.225 e. The van der Waals surface area contributed by atoms with E-state index in [0.29, 0.717) is 18.7 Å². The van der Waals surface area contributed by atoms with Gasteiger partial charge in [-0.25, -0.2) is 0 Å². The van der Waals surface area contributed by atoms with E-state index < -0.39 is 6.10 Å². The summed E-state index contributed by atoms with van der Waals surface area (Å²) >= 11 is 0. The molecule has 0 spiro atoms. The molecule has 1 rings (SSSR count). The minimum absolute atomic E-state index is 0.0117.